The maximum absolute atomic E-state index is 12.3. The molecule has 4 aromatic rings. The second kappa shape index (κ2) is 15.6. The Kier molecular flexibility index (Phi) is 12.4. The summed E-state index contributed by atoms with van der Waals surface area (Å²) < 4.78 is 103. The number of hydrogen-bond acceptors (Lipinski definition) is 13. The molecule has 7 heterocycles. The van der Waals surface area contributed by atoms with Crippen LogP contribution < -0.4 is 9.65 Å². The van der Waals surface area contributed by atoms with Crippen LogP contribution in [0.3, 0.4) is 0 Å². The third-order valence-corrected chi connectivity index (χ3v) is 13.0. The molecule has 4 aromatic heterocycles. The molecule has 3 aliphatic rings. The lowest BCUT2D eigenvalue weighted by molar-refractivity contribution is -0.0499. The standard InChI is InChI=1S/C14H15BBrN3O2.C12H24B2O4.C9H3BrF3N3O3S/c1-13(2)14(3,4)21-15(20-13)11-5-10(16)8-19-12(11)9(6-17)7-18-19;1-9(2)10(3,4)16-13(15-9)14-17-11(5,6)12(7,8)18-14;10-6-1-7(19-20(17,18)9(11,12)13)8-5(2-14)3-15-16(8)4-6/h5,7-8H,1-4H3;1-8H3;1,3-4H. The molecule has 0 N–H and O–H groups in total. The van der Waals surface area contributed by atoms with Gasteiger partial charge in [-0.05, 0) is 127 Å². The van der Waals surface area contributed by atoms with Gasteiger partial charge >= 0.3 is 36.8 Å². The molecule has 0 aliphatic carbocycles. The zero-order valence-electron chi connectivity index (χ0n) is 34.4. The van der Waals surface area contributed by atoms with Crippen molar-refractivity contribution in [1.29, 1.82) is 10.5 Å². The maximum atomic E-state index is 12.3. The van der Waals surface area contributed by atoms with Crippen molar-refractivity contribution >= 4 is 79.6 Å². The first-order chi connectivity index (χ1) is 26.8. The quantitative estimate of drug-likeness (QED) is 0.120. The summed E-state index contributed by atoms with van der Waals surface area (Å²) in [6.07, 6.45) is 5.78. The third-order valence-electron chi connectivity index (χ3n) is 11.1. The molecule has 24 heteroatoms. The van der Waals surface area contributed by atoms with Crippen LogP contribution in [0.5, 0.6) is 5.75 Å². The summed E-state index contributed by atoms with van der Waals surface area (Å²) in [5.41, 5.74) is -6.13. The molecule has 7 rings (SSSR count). The predicted molar refractivity (Wildman–Crippen MR) is 219 cm³/mol. The lowest BCUT2D eigenvalue weighted by atomic mass is 9.49. The van der Waals surface area contributed by atoms with Crippen LogP contribution in [0.15, 0.2) is 45.9 Å². The van der Waals surface area contributed by atoms with Crippen molar-refractivity contribution < 1.29 is 53.7 Å². The molecule has 316 valence electrons. The van der Waals surface area contributed by atoms with E-state index in [1.54, 1.807) is 16.8 Å². The second-order valence-corrected chi connectivity index (χ2v) is 20.3. The van der Waals surface area contributed by atoms with Gasteiger partial charge in [0.25, 0.3) is 0 Å². The molecule has 3 aliphatic heterocycles. The van der Waals surface area contributed by atoms with Crippen molar-refractivity contribution in [3.8, 4) is 17.9 Å². The summed E-state index contributed by atoms with van der Waals surface area (Å²) in [6.45, 7) is 24.2. The smallest absolute Gasteiger partial charge is 0.405 e. The van der Waals surface area contributed by atoms with E-state index < -0.39 is 53.7 Å². The highest BCUT2D eigenvalue weighted by Gasteiger charge is 2.64. The Morgan fingerprint density at radius 1 is 0.661 bits per heavy atom. The zero-order valence-corrected chi connectivity index (χ0v) is 38.3. The predicted octanol–water partition coefficient (Wildman–Crippen LogP) is 6.71. The van der Waals surface area contributed by atoms with Crippen LogP contribution in [-0.4, -0.2) is 87.9 Å². The van der Waals surface area contributed by atoms with E-state index in [9.17, 15) is 26.9 Å². The monoisotopic (exact) mass is 970 g/mol. The summed E-state index contributed by atoms with van der Waals surface area (Å²) in [5.74, 6) is -0.647. The molecular formula is C35H42B3Br2F3N6O9S. The highest BCUT2D eigenvalue weighted by atomic mass is 79.9. The minimum atomic E-state index is -5.83. The normalized spacial score (nSPS) is 21.0. The Bertz CT molecular complexity index is 2380. The Balaban J connectivity index is 0.000000169. The molecule has 0 saturated carbocycles. The number of nitriles is 2. The van der Waals surface area contributed by atoms with E-state index in [1.807, 2.05) is 95.3 Å². The molecule has 0 unspecified atom stereocenters. The highest BCUT2D eigenvalue weighted by Crippen LogP contribution is 2.43. The second-order valence-electron chi connectivity index (χ2n) is 16.9. The Morgan fingerprint density at radius 3 is 1.41 bits per heavy atom. The lowest BCUT2D eigenvalue weighted by Gasteiger charge is -2.32. The van der Waals surface area contributed by atoms with Crippen molar-refractivity contribution in [3.63, 3.8) is 0 Å². The SMILES string of the molecule is CC1(C)OB(B2OC(C)(C)C(C)(C)O2)OC1(C)C.CC1(C)OB(c2cc(Br)cn3ncc(C#N)c23)OC1(C)C.N#Cc1cnn2cc(Br)cc(OS(=O)(=O)C(F)(F)F)c12. The van der Waals surface area contributed by atoms with Crippen LogP contribution in [0.1, 0.15) is 94.2 Å². The first-order valence-corrected chi connectivity index (χ1v) is 21.0. The molecule has 0 bridgehead atoms. The molecule has 3 fully saturated rings. The summed E-state index contributed by atoms with van der Waals surface area (Å²) in [5, 5.41) is 26.0. The number of halogens is 5. The van der Waals surface area contributed by atoms with E-state index in [0.29, 0.717) is 5.56 Å². The highest BCUT2D eigenvalue weighted by molar-refractivity contribution is 9.10. The van der Waals surface area contributed by atoms with Crippen LogP contribution in [0, 0.1) is 22.7 Å². The van der Waals surface area contributed by atoms with Gasteiger partial charge in [-0.3, -0.25) is 0 Å². The molecule has 0 spiro atoms. The van der Waals surface area contributed by atoms with E-state index >= 15 is 0 Å². The van der Waals surface area contributed by atoms with Gasteiger partial charge in [0.15, 0.2) is 5.75 Å². The summed E-state index contributed by atoms with van der Waals surface area (Å²) in [7, 11) is -7.31. The van der Waals surface area contributed by atoms with Gasteiger partial charge in [0.1, 0.15) is 23.2 Å². The number of alkyl halides is 3. The fourth-order valence-corrected chi connectivity index (χ4v) is 7.01. The Morgan fingerprint density at radius 2 is 1.02 bits per heavy atom. The number of hydrogen-bond donors (Lipinski definition) is 0. The molecule has 0 amide bonds. The molecular weight excluding hydrogens is 930 g/mol. The van der Waals surface area contributed by atoms with Gasteiger partial charge in [-0.1, -0.05) is 0 Å². The van der Waals surface area contributed by atoms with Gasteiger partial charge in [-0.25, -0.2) is 9.03 Å². The minimum absolute atomic E-state index is 0.120. The molecule has 0 radical (unpaired) electrons. The first-order valence-electron chi connectivity index (χ1n) is 18.0. The van der Waals surface area contributed by atoms with Crippen molar-refractivity contribution in [1.82, 2.24) is 19.2 Å². The van der Waals surface area contributed by atoms with Gasteiger partial charge < -0.3 is 32.1 Å². The zero-order chi connectivity index (χ0) is 44.5. The van der Waals surface area contributed by atoms with Crippen molar-refractivity contribution in [2.75, 3.05) is 0 Å². The molecule has 0 aromatic carbocycles. The van der Waals surface area contributed by atoms with Crippen LogP contribution in [-0.2, 0) is 38.0 Å². The van der Waals surface area contributed by atoms with Crippen LogP contribution in [0.2, 0.25) is 0 Å². The van der Waals surface area contributed by atoms with Crippen molar-refractivity contribution in [2.24, 2.45) is 0 Å². The average molecular weight is 972 g/mol. The van der Waals surface area contributed by atoms with E-state index in [0.717, 1.165) is 32.2 Å². The molecule has 15 nitrogen and oxygen atoms in total. The third kappa shape index (κ3) is 9.07. The Hall–Kier alpha value is -3.19. The number of rotatable bonds is 4. The van der Waals surface area contributed by atoms with E-state index in [1.165, 1.54) is 6.20 Å². The summed E-state index contributed by atoms with van der Waals surface area (Å²) in [4.78, 5) is 0. The molecule has 3 saturated heterocycles. The van der Waals surface area contributed by atoms with Gasteiger partial charge in [-0.2, -0.15) is 42.3 Å². The van der Waals surface area contributed by atoms with Gasteiger partial charge in [0, 0.05) is 26.8 Å². The first kappa shape index (κ1) is 46.9. The average Bonchev–Trinajstić information content (AvgIpc) is 3.83. The Labute approximate surface area is 358 Å². The van der Waals surface area contributed by atoms with Crippen molar-refractivity contribution in [3.05, 3.63) is 57.0 Å². The van der Waals surface area contributed by atoms with Gasteiger partial charge in [0.2, 0.25) is 0 Å². The minimum Gasteiger partial charge on any atom is -0.405 e. The maximum Gasteiger partial charge on any atom is 0.534 e. The molecule has 0 atom stereocenters. The number of aromatic nitrogens is 4. The topological polar surface area (TPSA) is 181 Å². The van der Waals surface area contributed by atoms with Crippen LogP contribution in [0.4, 0.5) is 13.2 Å². The lowest BCUT2D eigenvalue weighted by Crippen LogP contribution is -2.41. The fraction of sp³-hybridized carbons (Fsp3) is 0.543. The van der Waals surface area contributed by atoms with E-state index in [2.05, 4.69) is 52.3 Å². The summed E-state index contributed by atoms with van der Waals surface area (Å²) >= 11 is 6.44. The van der Waals surface area contributed by atoms with Crippen molar-refractivity contribution in [2.45, 2.75) is 122 Å². The largest absolute Gasteiger partial charge is 0.534 e. The summed E-state index contributed by atoms with van der Waals surface area (Å²) in [6, 6.07) is 6.76. The number of nitrogens with zero attached hydrogens (tertiary/aromatic N) is 6. The van der Waals surface area contributed by atoms with Crippen LogP contribution >= 0.6 is 31.9 Å². The van der Waals surface area contributed by atoms with E-state index in [-0.39, 0.29) is 38.0 Å². The fourth-order valence-electron chi connectivity index (χ4n) is 5.71. The van der Waals surface area contributed by atoms with Gasteiger partial charge in [0.05, 0.1) is 57.1 Å². The van der Waals surface area contributed by atoms with E-state index in [4.69, 9.17) is 33.2 Å². The number of fused-ring (bicyclic) bond motifs is 2. The molecule has 59 heavy (non-hydrogen) atoms. The number of pyridine rings is 2. The van der Waals surface area contributed by atoms with Gasteiger partial charge in [-0.15, -0.1) is 0 Å². The van der Waals surface area contributed by atoms with Crippen LogP contribution in [0.25, 0.3) is 11.0 Å².